The molecule has 1 aliphatic rings. The Kier molecular flexibility index (Phi) is 1.79. The molecule has 48 valence electrons. The largest absolute Gasteiger partial charge is 0.389 e. The number of hydrogen-bond acceptors (Lipinski definition) is 2. The average Bonchev–Trinajstić information content (AvgIpc) is 1.82. The van der Waals surface area contributed by atoms with Gasteiger partial charge in [-0.1, -0.05) is 0 Å². The third-order valence-electron chi connectivity index (χ3n) is 1.41. The molecule has 1 N–H and O–H groups in total. The van der Waals surface area contributed by atoms with Crippen molar-refractivity contribution >= 4 is 22.9 Å². The molecule has 0 bridgehead atoms. The van der Waals surface area contributed by atoms with E-state index in [2.05, 4.69) is 26.0 Å². The molecule has 0 aromatic rings. The summed E-state index contributed by atoms with van der Waals surface area (Å²) in [5.41, 5.74) is -0.415. The first-order chi connectivity index (χ1) is 3.60. The molecular weight excluding hydrogens is 217 g/mol. The van der Waals surface area contributed by atoms with Crippen LogP contribution in [0.25, 0.3) is 0 Å². The highest BCUT2D eigenvalue weighted by Gasteiger charge is 2.29. The van der Waals surface area contributed by atoms with Crippen LogP contribution in [0.3, 0.4) is 0 Å². The van der Waals surface area contributed by atoms with Crippen LogP contribution < -0.4 is 0 Å². The average molecular weight is 227 g/mol. The van der Waals surface area contributed by atoms with Crippen molar-refractivity contribution in [1.82, 2.24) is 3.11 Å². The lowest BCUT2D eigenvalue weighted by Crippen LogP contribution is -2.25. The molecule has 1 rings (SSSR count). The smallest absolute Gasteiger partial charge is 0.0766 e. The molecule has 8 heavy (non-hydrogen) atoms. The molecule has 1 fully saturated rings. The summed E-state index contributed by atoms with van der Waals surface area (Å²) in [6, 6.07) is 0. The summed E-state index contributed by atoms with van der Waals surface area (Å²) in [6.07, 6.45) is 0.913. The molecule has 1 aliphatic heterocycles. The zero-order chi connectivity index (χ0) is 6.20. The van der Waals surface area contributed by atoms with Crippen LogP contribution in [0, 0.1) is 0 Å². The molecule has 0 spiro atoms. The standard InChI is InChI=1S/C5H10INO/c1-5(8)2-3-7(6)4-5/h8H,2-4H2,1H3/t5-/m0/s1. The molecular formula is C5H10INO. The molecule has 0 aliphatic carbocycles. The van der Waals surface area contributed by atoms with E-state index in [1.807, 2.05) is 6.92 Å². The molecule has 0 aromatic carbocycles. The highest BCUT2D eigenvalue weighted by Crippen LogP contribution is 2.22. The maximum Gasteiger partial charge on any atom is 0.0766 e. The van der Waals surface area contributed by atoms with Crippen molar-refractivity contribution in [1.29, 1.82) is 0 Å². The van der Waals surface area contributed by atoms with E-state index in [9.17, 15) is 5.11 Å². The Bertz CT molecular complexity index is 94.4. The van der Waals surface area contributed by atoms with Gasteiger partial charge in [-0.3, -0.25) is 0 Å². The van der Waals surface area contributed by atoms with Crippen LogP contribution in [0.5, 0.6) is 0 Å². The molecule has 0 amide bonds. The lowest BCUT2D eigenvalue weighted by molar-refractivity contribution is 0.0781. The predicted molar refractivity (Wildman–Crippen MR) is 40.8 cm³/mol. The highest BCUT2D eigenvalue weighted by atomic mass is 127. The van der Waals surface area contributed by atoms with E-state index in [1.165, 1.54) is 0 Å². The van der Waals surface area contributed by atoms with Crippen molar-refractivity contribution in [3.63, 3.8) is 0 Å². The van der Waals surface area contributed by atoms with Crippen molar-refractivity contribution < 1.29 is 5.11 Å². The van der Waals surface area contributed by atoms with E-state index in [0.29, 0.717) is 0 Å². The normalized spacial score (nSPS) is 40.9. The molecule has 1 heterocycles. The van der Waals surface area contributed by atoms with Crippen LogP contribution in [0.15, 0.2) is 0 Å². The number of halogens is 1. The van der Waals surface area contributed by atoms with E-state index >= 15 is 0 Å². The molecule has 0 radical (unpaired) electrons. The van der Waals surface area contributed by atoms with Crippen molar-refractivity contribution in [3.05, 3.63) is 0 Å². The molecule has 1 atom stereocenters. The zero-order valence-electron chi connectivity index (χ0n) is 4.89. The summed E-state index contributed by atoms with van der Waals surface area (Å²) in [5.74, 6) is 0. The first-order valence-corrected chi connectivity index (χ1v) is 3.70. The minimum Gasteiger partial charge on any atom is -0.389 e. The van der Waals surface area contributed by atoms with E-state index in [4.69, 9.17) is 0 Å². The maximum atomic E-state index is 9.32. The zero-order valence-corrected chi connectivity index (χ0v) is 7.05. The van der Waals surface area contributed by atoms with Gasteiger partial charge in [-0.15, -0.1) is 0 Å². The van der Waals surface area contributed by atoms with Crippen LogP contribution in [-0.4, -0.2) is 26.9 Å². The Morgan fingerprint density at radius 1 is 1.75 bits per heavy atom. The van der Waals surface area contributed by atoms with Crippen molar-refractivity contribution in [2.45, 2.75) is 18.9 Å². The monoisotopic (exact) mass is 227 g/mol. The van der Waals surface area contributed by atoms with Crippen LogP contribution in [-0.2, 0) is 0 Å². The lowest BCUT2D eigenvalue weighted by Gasteiger charge is -2.13. The fourth-order valence-corrected chi connectivity index (χ4v) is 1.87. The SMILES string of the molecule is C[C@]1(O)CCN(I)C1. The first-order valence-electron chi connectivity index (χ1n) is 2.73. The number of nitrogens with zero attached hydrogens (tertiary/aromatic N) is 1. The van der Waals surface area contributed by atoms with Gasteiger partial charge in [-0.05, 0) is 13.3 Å². The summed E-state index contributed by atoms with van der Waals surface area (Å²) < 4.78 is 2.11. The Hall–Kier alpha value is 0.650. The third kappa shape index (κ3) is 1.56. The van der Waals surface area contributed by atoms with Crippen LogP contribution in [0.1, 0.15) is 13.3 Å². The van der Waals surface area contributed by atoms with Crippen molar-refractivity contribution in [2.75, 3.05) is 13.1 Å². The van der Waals surface area contributed by atoms with Crippen LogP contribution >= 0.6 is 22.9 Å². The summed E-state index contributed by atoms with van der Waals surface area (Å²) in [5, 5.41) is 9.32. The molecule has 0 aromatic heterocycles. The quantitative estimate of drug-likeness (QED) is 0.488. The Morgan fingerprint density at radius 3 is 2.50 bits per heavy atom. The Balaban J connectivity index is 2.44. The highest BCUT2D eigenvalue weighted by molar-refractivity contribution is 14.1. The molecule has 1 saturated heterocycles. The van der Waals surface area contributed by atoms with E-state index in [-0.39, 0.29) is 0 Å². The van der Waals surface area contributed by atoms with Gasteiger partial charge < -0.3 is 5.11 Å². The van der Waals surface area contributed by atoms with Gasteiger partial charge in [0.15, 0.2) is 0 Å². The third-order valence-corrected chi connectivity index (χ3v) is 2.23. The minimum atomic E-state index is -0.415. The van der Waals surface area contributed by atoms with E-state index in [0.717, 1.165) is 19.5 Å². The number of hydrogen-bond donors (Lipinski definition) is 1. The second-order valence-corrected chi connectivity index (χ2v) is 3.96. The number of β-amino-alcohol motifs (C(OH)–C–C–N with tert-alkyl or cyclic N) is 1. The predicted octanol–water partition coefficient (Wildman–Crippen LogP) is 0.793. The van der Waals surface area contributed by atoms with Gasteiger partial charge >= 0.3 is 0 Å². The van der Waals surface area contributed by atoms with Crippen molar-refractivity contribution in [2.24, 2.45) is 0 Å². The van der Waals surface area contributed by atoms with Gasteiger partial charge in [0.1, 0.15) is 0 Å². The summed E-state index contributed by atoms with van der Waals surface area (Å²) >= 11 is 2.23. The summed E-state index contributed by atoms with van der Waals surface area (Å²) in [6.45, 7) is 3.72. The van der Waals surface area contributed by atoms with Crippen LogP contribution in [0.4, 0.5) is 0 Å². The minimum absolute atomic E-state index is 0.415. The number of aliphatic hydroxyl groups is 1. The van der Waals surface area contributed by atoms with E-state index in [1.54, 1.807) is 0 Å². The first kappa shape index (κ1) is 6.77. The number of rotatable bonds is 0. The van der Waals surface area contributed by atoms with E-state index < -0.39 is 5.60 Å². The lowest BCUT2D eigenvalue weighted by atomic mass is 10.1. The van der Waals surface area contributed by atoms with Gasteiger partial charge in [-0.2, -0.15) is 0 Å². The summed E-state index contributed by atoms with van der Waals surface area (Å²) in [7, 11) is 0. The van der Waals surface area contributed by atoms with Crippen LogP contribution in [0.2, 0.25) is 0 Å². The second-order valence-electron chi connectivity index (χ2n) is 2.59. The second kappa shape index (κ2) is 2.11. The Labute approximate surface area is 63.4 Å². The van der Waals surface area contributed by atoms with Gasteiger partial charge in [0.25, 0.3) is 0 Å². The summed E-state index contributed by atoms with van der Waals surface area (Å²) in [4.78, 5) is 0. The van der Waals surface area contributed by atoms with Gasteiger partial charge in [0.05, 0.1) is 5.60 Å². The fourth-order valence-electron chi connectivity index (χ4n) is 0.890. The fraction of sp³-hybridized carbons (Fsp3) is 1.00. The van der Waals surface area contributed by atoms with Gasteiger partial charge in [0, 0.05) is 36.0 Å². The Morgan fingerprint density at radius 2 is 2.38 bits per heavy atom. The van der Waals surface area contributed by atoms with Crippen molar-refractivity contribution in [3.8, 4) is 0 Å². The topological polar surface area (TPSA) is 23.5 Å². The van der Waals surface area contributed by atoms with Gasteiger partial charge in [0.2, 0.25) is 0 Å². The molecule has 0 saturated carbocycles. The maximum absolute atomic E-state index is 9.32. The van der Waals surface area contributed by atoms with Gasteiger partial charge in [-0.25, -0.2) is 3.11 Å². The molecule has 2 nitrogen and oxygen atoms in total. The molecule has 0 unspecified atom stereocenters. The molecule has 3 heteroatoms.